The molecule has 1 aromatic rings. The molecule has 2 heteroatoms. The van der Waals surface area contributed by atoms with Gasteiger partial charge in [0.2, 0.25) is 0 Å². The summed E-state index contributed by atoms with van der Waals surface area (Å²) in [7, 11) is 0. The van der Waals surface area contributed by atoms with Crippen LogP contribution in [0.5, 0.6) is 0 Å². The first-order valence-electron chi connectivity index (χ1n) is 4.15. The largest absolute Gasteiger partial charge is 0.298 e. The van der Waals surface area contributed by atoms with E-state index in [0.29, 0.717) is 11.4 Å². The summed E-state index contributed by atoms with van der Waals surface area (Å²) in [6.45, 7) is 0. The average molecular weight is 195 g/mol. The van der Waals surface area contributed by atoms with Crippen LogP contribution in [-0.2, 0) is 0 Å². The third kappa shape index (κ3) is 3.03. The lowest BCUT2D eigenvalue weighted by atomic mass is 10.1. The van der Waals surface area contributed by atoms with Crippen molar-refractivity contribution in [2.75, 3.05) is 5.88 Å². The number of benzene rings is 1. The third-order valence-corrected chi connectivity index (χ3v) is 1.91. The minimum absolute atomic E-state index is 0.611. The fraction of sp³-hybridized carbons (Fsp3) is 0.182. The van der Waals surface area contributed by atoms with Gasteiger partial charge in [-0.05, 0) is 12.0 Å². The molecular formula is C11H11ClO. The number of carbonyl (C=O) groups excluding carboxylic acids is 1. The molecule has 0 aliphatic heterocycles. The number of hydrogen-bond acceptors (Lipinski definition) is 1. The van der Waals surface area contributed by atoms with Crippen LogP contribution in [0, 0.1) is 0 Å². The minimum atomic E-state index is 0.611. The van der Waals surface area contributed by atoms with Crippen molar-refractivity contribution in [3.8, 4) is 0 Å². The van der Waals surface area contributed by atoms with Gasteiger partial charge in [-0.15, -0.1) is 11.6 Å². The Balaban J connectivity index is 2.80. The second-order valence-electron chi connectivity index (χ2n) is 2.63. The SMILES string of the molecule is O=Cc1ccccc1C=CCCCl. The zero-order chi connectivity index (χ0) is 9.52. The molecule has 0 bridgehead atoms. The number of allylic oxidation sites excluding steroid dienone is 1. The molecule has 1 aromatic carbocycles. The Bertz CT molecular complexity index is 305. The van der Waals surface area contributed by atoms with E-state index in [9.17, 15) is 4.79 Å². The molecule has 0 radical (unpaired) electrons. The zero-order valence-corrected chi connectivity index (χ0v) is 8.00. The highest BCUT2D eigenvalue weighted by molar-refractivity contribution is 6.17. The van der Waals surface area contributed by atoms with Gasteiger partial charge in [0.1, 0.15) is 0 Å². The molecule has 0 aliphatic rings. The molecule has 0 spiro atoms. The summed E-state index contributed by atoms with van der Waals surface area (Å²) in [5, 5.41) is 0. The lowest BCUT2D eigenvalue weighted by molar-refractivity contribution is 0.112. The molecule has 0 heterocycles. The van der Waals surface area contributed by atoms with Gasteiger partial charge in [0.05, 0.1) is 0 Å². The number of halogens is 1. The van der Waals surface area contributed by atoms with E-state index in [0.717, 1.165) is 18.3 Å². The van der Waals surface area contributed by atoms with Crippen molar-refractivity contribution < 1.29 is 4.79 Å². The van der Waals surface area contributed by atoms with Crippen LogP contribution in [0.2, 0.25) is 0 Å². The van der Waals surface area contributed by atoms with Crippen molar-refractivity contribution in [1.29, 1.82) is 0 Å². The van der Waals surface area contributed by atoms with Gasteiger partial charge in [0, 0.05) is 11.4 Å². The van der Waals surface area contributed by atoms with Crippen LogP contribution < -0.4 is 0 Å². The van der Waals surface area contributed by atoms with Gasteiger partial charge >= 0.3 is 0 Å². The summed E-state index contributed by atoms with van der Waals surface area (Å²) < 4.78 is 0. The second kappa shape index (κ2) is 5.55. The summed E-state index contributed by atoms with van der Waals surface area (Å²) in [4.78, 5) is 10.6. The van der Waals surface area contributed by atoms with Crippen LogP contribution in [0.3, 0.4) is 0 Å². The van der Waals surface area contributed by atoms with E-state index in [2.05, 4.69) is 0 Å². The molecule has 1 rings (SSSR count). The average Bonchev–Trinajstić information content (AvgIpc) is 2.19. The van der Waals surface area contributed by atoms with Gasteiger partial charge in [-0.2, -0.15) is 0 Å². The highest BCUT2D eigenvalue weighted by atomic mass is 35.5. The van der Waals surface area contributed by atoms with Crippen LogP contribution in [0.15, 0.2) is 30.3 Å². The predicted molar refractivity (Wildman–Crippen MR) is 56.2 cm³/mol. The van der Waals surface area contributed by atoms with Crippen molar-refractivity contribution in [2.24, 2.45) is 0 Å². The molecule has 0 aromatic heterocycles. The van der Waals surface area contributed by atoms with E-state index in [1.807, 2.05) is 30.4 Å². The molecule has 0 atom stereocenters. The Kier molecular flexibility index (Phi) is 4.27. The van der Waals surface area contributed by atoms with E-state index >= 15 is 0 Å². The third-order valence-electron chi connectivity index (χ3n) is 1.70. The van der Waals surface area contributed by atoms with Crippen molar-refractivity contribution >= 4 is 24.0 Å². The second-order valence-corrected chi connectivity index (χ2v) is 3.00. The maximum absolute atomic E-state index is 10.6. The van der Waals surface area contributed by atoms with Crippen molar-refractivity contribution in [2.45, 2.75) is 6.42 Å². The molecule has 0 saturated heterocycles. The van der Waals surface area contributed by atoms with Gasteiger partial charge < -0.3 is 0 Å². The van der Waals surface area contributed by atoms with E-state index in [1.54, 1.807) is 6.07 Å². The Morgan fingerprint density at radius 3 is 2.54 bits per heavy atom. The summed E-state index contributed by atoms with van der Waals surface area (Å²) in [5.41, 5.74) is 1.66. The fourth-order valence-corrected chi connectivity index (χ4v) is 1.17. The van der Waals surface area contributed by atoms with Crippen molar-refractivity contribution in [3.05, 3.63) is 41.5 Å². The summed E-state index contributed by atoms with van der Waals surface area (Å²) >= 11 is 5.52. The standard InChI is InChI=1S/C11H11ClO/c12-8-4-3-6-10-5-1-2-7-11(10)9-13/h1-3,5-7,9H,4,8H2. The molecule has 1 nitrogen and oxygen atoms in total. The van der Waals surface area contributed by atoms with Gasteiger partial charge in [-0.1, -0.05) is 36.4 Å². The minimum Gasteiger partial charge on any atom is -0.298 e. The highest BCUT2D eigenvalue weighted by Crippen LogP contribution is 2.08. The Labute approximate surface area is 83.0 Å². The maximum Gasteiger partial charge on any atom is 0.150 e. The first-order chi connectivity index (χ1) is 6.38. The molecule has 0 N–H and O–H groups in total. The number of alkyl halides is 1. The summed E-state index contributed by atoms with van der Waals surface area (Å²) in [6.07, 6.45) is 5.58. The molecule has 68 valence electrons. The first kappa shape index (κ1) is 10.0. The lowest BCUT2D eigenvalue weighted by Gasteiger charge is -1.96. The monoisotopic (exact) mass is 194 g/mol. The predicted octanol–water partition coefficient (Wildman–Crippen LogP) is 3.14. The zero-order valence-electron chi connectivity index (χ0n) is 7.24. The van der Waals surface area contributed by atoms with E-state index < -0.39 is 0 Å². The molecule has 0 fully saturated rings. The molecule has 0 saturated carbocycles. The summed E-state index contributed by atoms with van der Waals surface area (Å²) in [5.74, 6) is 0.611. The van der Waals surface area contributed by atoms with Crippen LogP contribution in [0.1, 0.15) is 22.3 Å². The van der Waals surface area contributed by atoms with Gasteiger partial charge in [0.15, 0.2) is 6.29 Å². The number of carbonyl (C=O) groups is 1. The molecular weight excluding hydrogens is 184 g/mol. The first-order valence-corrected chi connectivity index (χ1v) is 4.68. The van der Waals surface area contributed by atoms with Crippen LogP contribution in [0.4, 0.5) is 0 Å². The van der Waals surface area contributed by atoms with Crippen molar-refractivity contribution in [1.82, 2.24) is 0 Å². The fourth-order valence-electron chi connectivity index (χ4n) is 1.04. The topological polar surface area (TPSA) is 17.1 Å². The normalized spacial score (nSPS) is 10.5. The Morgan fingerprint density at radius 2 is 1.92 bits per heavy atom. The van der Waals surface area contributed by atoms with Crippen LogP contribution >= 0.6 is 11.6 Å². The van der Waals surface area contributed by atoms with Gasteiger partial charge in [0.25, 0.3) is 0 Å². The summed E-state index contributed by atoms with van der Waals surface area (Å²) in [6, 6.07) is 7.47. The number of rotatable bonds is 4. The van der Waals surface area contributed by atoms with Gasteiger partial charge in [-0.25, -0.2) is 0 Å². The van der Waals surface area contributed by atoms with E-state index in [-0.39, 0.29) is 0 Å². The smallest absolute Gasteiger partial charge is 0.150 e. The van der Waals surface area contributed by atoms with Crippen LogP contribution in [-0.4, -0.2) is 12.2 Å². The number of hydrogen-bond donors (Lipinski definition) is 0. The maximum atomic E-state index is 10.6. The van der Waals surface area contributed by atoms with Crippen molar-refractivity contribution in [3.63, 3.8) is 0 Å². The molecule has 0 amide bonds. The molecule has 0 unspecified atom stereocenters. The quantitative estimate of drug-likeness (QED) is 0.532. The van der Waals surface area contributed by atoms with E-state index in [4.69, 9.17) is 11.6 Å². The van der Waals surface area contributed by atoms with Gasteiger partial charge in [-0.3, -0.25) is 4.79 Å². The Morgan fingerprint density at radius 1 is 1.23 bits per heavy atom. The molecule has 13 heavy (non-hydrogen) atoms. The number of aldehydes is 1. The lowest BCUT2D eigenvalue weighted by Crippen LogP contribution is -1.84. The molecule has 0 aliphatic carbocycles. The van der Waals surface area contributed by atoms with Crippen LogP contribution in [0.25, 0.3) is 6.08 Å². The van der Waals surface area contributed by atoms with E-state index in [1.165, 1.54) is 0 Å². The highest BCUT2D eigenvalue weighted by Gasteiger charge is 1.94. The Hall–Kier alpha value is -1.08.